The number of rotatable bonds is 7. The number of nitrogens with two attached hydrogens (primary N) is 1. The van der Waals surface area contributed by atoms with Crippen LogP contribution in [-0.4, -0.2) is 74.1 Å². The number of fused-ring (bicyclic) bond motifs is 1. The fraction of sp³-hybridized carbons (Fsp3) is 0.467. The van der Waals surface area contributed by atoms with Gasteiger partial charge in [-0.05, 0) is 6.42 Å². The van der Waals surface area contributed by atoms with E-state index in [4.69, 9.17) is 10.6 Å². The molecule has 150 valence electrons. The van der Waals surface area contributed by atoms with Crippen molar-refractivity contribution in [3.05, 3.63) is 11.1 Å². The summed E-state index contributed by atoms with van der Waals surface area (Å²) in [4.78, 5) is 58.3. The van der Waals surface area contributed by atoms with Gasteiger partial charge in [-0.15, -0.1) is 23.1 Å². The van der Waals surface area contributed by atoms with Crippen LogP contribution in [0.3, 0.4) is 0 Å². The van der Waals surface area contributed by atoms with Crippen molar-refractivity contribution < 1.29 is 29.1 Å². The van der Waals surface area contributed by atoms with E-state index < -0.39 is 41.0 Å². The van der Waals surface area contributed by atoms with Gasteiger partial charge in [-0.1, -0.05) is 12.1 Å². The highest BCUT2D eigenvalue weighted by atomic mass is 32.2. The number of nitrogens with one attached hydrogen (secondary N) is 1. The highest BCUT2D eigenvalue weighted by molar-refractivity contribution is 8.00. The molecule has 13 heteroatoms. The summed E-state index contributed by atoms with van der Waals surface area (Å²) in [7, 11) is 0. The molecule has 11 nitrogen and oxygen atoms in total. The van der Waals surface area contributed by atoms with Crippen LogP contribution in [0.4, 0.5) is 5.13 Å². The summed E-state index contributed by atoms with van der Waals surface area (Å²) in [6, 6.07) is -2.49. The zero-order valence-corrected chi connectivity index (χ0v) is 16.3. The number of carboxylic acid groups (broad SMARTS) is 1. The molecular formula is C15H17N5O6S2. The minimum absolute atomic E-state index is 0.0546. The third kappa shape index (κ3) is 3.67. The Bertz CT molecular complexity index is 856. The molecule has 2 unspecified atom stereocenters. The number of anilines is 1. The predicted molar refractivity (Wildman–Crippen MR) is 101 cm³/mol. The lowest BCUT2D eigenvalue weighted by Gasteiger charge is -2.50. The number of nitrogens with zero attached hydrogens (tertiary/aromatic N) is 3. The molecule has 3 rings (SSSR count). The van der Waals surface area contributed by atoms with Crippen molar-refractivity contribution in [1.82, 2.24) is 15.2 Å². The van der Waals surface area contributed by atoms with Crippen LogP contribution in [0.5, 0.6) is 0 Å². The van der Waals surface area contributed by atoms with E-state index in [0.717, 1.165) is 28.0 Å². The Morgan fingerprint density at radius 2 is 2.25 bits per heavy atom. The summed E-state index contributed by atoms with van der Waals surface area (Å²) in [5.41, 5.74) is 5.67. The van der Waals surface area contributed by atoms with Gasteiger partial charge in [0.1, 0.15) is 23.7 Å². The maximum atomic E-state index is 12.7. The molecule has 4 N–H and O–H groups in total. The predicted octanol–water partition coefficient (Wildman–Crippen LogP) is -0.722. The molecule has 28 heavy (non-hydrogen) atoms. The quantitative estimate of drug-likeness (QED) is 0.167. The van der Waals surface area contributed by atoms with Crippen LogP contribution in [0.25, 0.3) is 0 Å². The Hall–Kier alpha value is -2.67. The van der Waals surface area contributed by atoms with Crippen molar-refractivity contribution in [3.63, 3.8) is 0 Å². The Morgan fingerprint density at radius 1 is 1.50 bits per heavy atom. The van der Waals surface area contributed by atoms with Gasteiger partial charge in [0.25, 0.3) is 5.91 Å². The smallest absolute Gasteiger partial charge is 0.334 e. The summed E-state index contributed by atoms with van der Waals surface area (Å²) >= 11 is 2.22. The highest BCUT2D eigenvalue weighted by Gasteiger charge is 2.58. The monoisotopic (exact) mass is 427 g/mol. The molecule has 2 fully saturated rings. The van der Waals surface area contributed by atoms with Crippen molar-refractivity contribution in [2.75, 3.05) is 18.1 Å². The number of amides is 2. The minimum Gasteiger partial charge on any atom is -0.479 e. The number of thioether (sulfide) groups is 1. The average molecular weight is 427 g/mol. The van der Waals surface area contributed by atoms with Gasteiger partial charge in [-0.2, -0.15) is 0 Å². The molecule has 3 atom stereocenters. The number of nitrogen functional groups attached to an aromatic ring is 1. The molecule has 1 aromatic rings. The number of hydrogen-bond donors (Lipinski definition) is 3. The highest BCUT2D eigenvalue weighted by Crippen LogP contribution is 2.36. The van der Waals surface area contributed by atoms with Crippen molar-refractivity contribution in [3.8, 4) is 0 Å². The van der Waals surface area contributed by atoms with Gasteiger partial charge >= 0.3 is 5.97 Å². The van der Waals surface area contributed by atoms with Crippen LogP contribution in [-0.2, 0) is 24.0 Å². The van der Waals surface area contributed by atoms with E-state index in [0.29, 0.717) is 6.42 Å². The van der Waals surface area contributed by atoms with E-state index in [2.05, 4.69) is 15.5 Å². The number of aliphatic carboxylic acids is 1. The topological polar surface area (TPSA) is 164 Å². The number of ketones is 1. The van der Waals surface area contributed by atoms with Gasteiger partial charge in [0, 0.05) is 5.38 Å². The second-order valence-corrected chi connectivity index (χ2v) is 7.94. The summed E-state index contributed by atoms with van der Waals surface area (Å²) in [6.07, 6.45) is 0.678. The number of aromatic nitrogens is 1. The van der Waals surface area contributed by atoms with Gasteiger partial charge < -0.3 is 25.9 Å². The first-order valence-corrected chi connectivity index (χ1v) is 10.2. The third-order valence-corrected chi connectivity index (χ3v) is 5.98. The lowest BCUT2D eigenvalue weighted by Crippen LogP contribution is -2.76. The van der Waals surface area contributed by atoms with Gasteiger partial charge in [0.15, 0.2) is 22.7 Å². The molecule has 3 heterocycles. The van der Waals surface area contributed by atoms with Gasteiger partial charge in [0.2, 0.25) is 5.91 Å². The maximum Gasteiger partial charge on any atom is 0.334 e. The number of hydrogen-bond acceptors (Lipinski definition) is 10. The maximum absolute atomic E-state index is 12.7. The normalized spacial score (nSPS) is 24.4. The SMILES string of the molecule is CCCON=C(C(=O)NC1C(=O)N2C(C(=O)O)C(=O)CS[C@@H]12)c1csc(N)n1. The molecule has 0 radical (unpaired) electrons. The second kappa shape index (κ2) is 8.14. The Kier molecular flexibility index (Phi) is 5.84. The summed E-state index contributed by atoms with van der Waals surface area (Å²) in [5.74, 6) is -3.34. The summed E-state index contributed by atoms with van der Waals surface area (Å²) < 4.78 is 0. The van der Waals surface area contributed by atoms with E-state index in [1.165, 1.54) is 5.38 Å². The molecule has 0 aromatic carbocycles. The first-order chi connectivity index (χ1) is 13.3. The van der Waals surface area contributed by atoms with Crippen molar-refractivity contribution >= 4 is 57.5 Å². The third-order valence-electron chi connectivity index (χ3n) is 4.01. The fourth-order valence-electron chi connectivity index (χ4n) is 2.74. The molecule has 1 aromatic heterocycles. The van der Waals surface area contributed by atoms with E-state index in [1.807, 2.05) is 6.92 Å². The molecule has 0 saturated carbocycles. The number of thiazole rings is 1. The first kappa shape index (κ1) is 20.1. The van der Waals surface area contributed by atoms with Gasteiger partial charge in [-0.3, -0.25) is 14.4 Å². The number of carbonyl (C=O) groups is 4. The van der Waals surface area contributed by atoms with E-state index in [9.17, 15) is 24.3 Å². The Balaban J connectivity index is 1.75. The van der Waals surface area contributed by atoms with Crippen LogP contribution in [0.2, 0.25) is 0 Å². The molecule has 2 aliphatic heterocycles. The molecule has 2 saturated heterocycles. The molecule has 2 aliphatic rings. The number of Topliss-reactive ketones (excluding diaryl/α,β-unsaturated/α-hetero) is 1. The van der Waals surface area contributed by atoms with Crippen LogP contribution in [0.1, 0.15) is 19.0 Å². The van der Waals surface area contributed by atoms with Crippen molar-refractivity contribution in [1.29, 1.82) is 0 Å². The van der Waals surface area contributed by atoms with Crippen molar-refractivity contribution in [2.45, 2.75) is 30.8 Å². The standard InChI is InChI=1S/C15H17N5O6S2/c1-2-3-26-19-8(6-4-28-15(16)17-6)11(22)18-9-12(23)20-10(14(24)25)7(21)5-27-13(9)20/h4,9-10,13H,2-3,5H2,1H3,(H2,16,17)(H,18,22)(H,24,25)/t9?,10?,13-/m0/s1. The Morgan fingerprint density at radius 3 is 2.86 bits per heavy atom. The summed E-state index contributed by atoms with van der Waals surface area (Å²) in [5, 5.41) is 16.7. The van der Waals surface area contributed by atoms with E-state index in [-0.39, 0.29) is 28.9 Å². The van der Waals surface area contributed by atoms with E-state index in [1.54, 1.807) is 0 Å². The number of oxime groups is 1. The molecule has 0 bridgehead atoms. The van der Waals surface area contributed by atoms with Crippen LogP contribution >= 0.6 is 23.1 Å². The van der Waals surface area contributed by atoms with Crippen molar-refractivity contribution in [2.24, 2.45) is 5.16 Å². The minimum atomic E-state index is -1.52. The number of carbonyl (C=O) groups excluding carboxylic acids is 3. The van der Waals surface area contributed by atoms with Crippen LogP contribution in [0, 0.1) is 0 Å². The summed E-state index contributed by atoms with van der Waals surface area (Å²) in [6.45, 7) is 2.16. The van der Waals surface area contributed by atoms with Gasteiger partial charge in [0.05, 0.1) is 5.75 Å². The molecular weight excluding hydrogens is 410 g/mol. The molecule has 2 amide bonds. The zero-order valence-electron chi connectivity index (χ0n) is 14.7. The largest absolute Gasteiger partial charge is 0.479 e. The zero-order chi connectivity index (χ0) is 20.4. The average Bonchev–Trinajstić information content (AvgIpc) is 3.08. The van der Waals surface area contributed by atoms with E-state index >= 15 is 0 Å². The number of β-lactam (4-membered cyclic amide) rings is 1. The molecule has 0 aliphatic carbocycles. The van der Waals surface area contributed by atoms with Gasteiger partial charge in [-0.25, -0.2) is 9.78 Å². The van der Waals surface area contributed by atoms with Crippen LogP contribution < -0.4 is 11.1 Å². The first-order valence-electron chi connectivity index (χ1n) is 8.26. The lowest BCUT2D eigenvalue weighted by atomic mass is 10.00. The lowest BCUT2D eigenvalue weighted by molar-refractivity contribution is -0.165. The number of carboxylic acids is 1. The fourth-order valence-corrected chi connectivity index (χ4v) is 4.54. The molecule has 0 spiro atoms. The Labute approximate surface area is 167 Å². The second-order valence-electron chi connectivity index (χ2n) is 5.95. The van der Waals surface area contributed by atoms with Crippen LogP contribution in [0.15, 0.2) is 10.5 Å².